The first-order valence-electron chi connectivity index (χ1n) is 25.2. The average molecular weight is 1100 g/mol. The Labute approximate surface area is 445 Å². The highest BCUT2D eigenvalue weighted by atomic mass is 16.4. The smallest absolute Gasteiger partial charge is 0.326 e. The number of carbonyl (C=O) groups excluding carboxylic acids is 10. The summed E-state index contributed by atoms with van der Waals surface area (Å²) < 4.78 is 0. The molecule has 10 amide bonds. The van der Waals surface area contributed by atoms with Gasteiger partial charge in [-0.2, -0.15) is 0 Å². The molecule has 438 valence electrons. The summed E-state index contributed by atoms with van der Waals surface area (Å²) in [5, 5.41) is 79.1. The third-order valence-corrected chi connectivity index (χ3v) is 12.6. The second-order valence-corrected chi connectivity index (χ2v) is 19.2. The van der Waals surface area contributed by atoms with E-state index in [2.05, 4.69) is 47.9 Å². The van der Waals surface area contributed by atoms with Crippen molar-refractivity contribution in [3.8, 4) is 0 Å². The van der Waals surface area contributed by atoms with Gasteiger partial charge in [-0.3, -0.25) is 57.5 Å². The van der Waals surface area contributed by atoms with Crippen LogP contribution in [0, 0.1) is 23.7 Å². The van der Waals surface area contributed by atoms with Crippen LogP contribution >= 0.6 is 0 Å². The van der Waals surface area contributed by atoms with Gasteiger partial charge in [0, 0.05) is 12.8 Å². The number of primary amides is 1. The summed E-state index contributed by atoms with van der Waals surface area (Å²) in [6.07, 6.45) is -4.33. The normalized spacial score (nSPS) is 16.6. The van der Waals surface area contributed by atoms with Crippen molar-refractivity contribution >= 4 is 77.0 Å². The molecule has 0 rings (SSSR count). The molecular weight excluding hydrogens is 1020 g/mol. The van der Waals surface area contributed by atoms with Gasteiger partial charge in [-0.05, 0) is 43.4 Å². The highest BCUT2D eigenvalue weighted by Gasteiger charge is 2.39. The van der Waals surface area contributed by atoms with Crippen LogP contribution in [0.2, 0.25) is 0 Å². The van der Waals surface area contributed by atoms with Crippen LogP contribution in [0.25, 0.3) is 0 Å². The van der Waals surface area contributed by atoms with Crippen LogP contribution < -0.4 is 59.3 Å². The average Bonchev–Trinajstić information content (AvgIpc) is 3.36. The molecule has 0 spiro atoms. The molecule has 0 heterocycles. The summed E-state index contributed by atoms with van der Waals surface area (Å²) in [6, 6.07) is -16.2. The number of aliphatic hydroxyl groups excluding tert-OH is 3. The van der Waals surface area contributed by atoms with Crippen molar-refractivity contribution in [3.05, 3.63) is 0 Å². The van der Waals surface area contributed by atoms with Gasteiger partial charge in [0.15, 0.2) is 0 Å². The molecule has 0 unspecified atom stereocenters. The number of aliphatic carboxylic acids is 3. The lowest BCUT2D eigenvalue weighted by Gasteiger charge is -2.31. The Kier molecular flexibility index (Phi) is 31.4. The van der Waals surface area contributed by atoms with E-state index in [0.717, 1.165) is 6.92 Å². The van der Waals surface area contributed by atoms with Crippen molar-refractivity contribution in [2.75, 3.05) is 13.2 Å². The SMILES string of the molecule is CC[C@H](C)[C@H](NC(=O)[C@H](CC(N)=O)NC(=O)[C@H](CO)NC(=O)[C@@H](NC(=O)[C@@H](N)CO)[C@@H](C)CC)C(=O)N[C@@H](CCC(=O)O)C(=O)N[C@H](C(=O)N[C@H](C(=O)N[C@H](C(=O)N[C@@H](CCC(=O)O)C(=O)O)[C@@H](C)CC)C(C)C)[C@@H](C)O. The minimum atomic E-state index is -1.90. The number of carbonyl (C=O) groups is 13. The van der Waals surface area contributed by atoms with Gasteiger partial charge < -0.3 is 90.0 Å². The lowest BCUT2D eigenvalue weighted by Crippen LogP contribution is -2.63. The summed E-state index contributed by atoms with van der Waals surface area (Å²) in [4.78, 5) is 169. The zero-order valence-electron chi connectivity index (χ0n) is 44.9. The van der Waals surface area contributed by atoms with Crippen LogP contribution in [0.4, 0.5) is 0 Å². The summed E-state index contributed by atoms with van der Waals surface area (Å²) >= 11 is 0. The van der Waals surface area contributed by atoms with Gasteiger partial charge in [0.1, 0.15) is 60.4 Å². The van der Waals surface area contributed by atoms with Crippen LogP contribution in [-0.4, -0.2) is 187 Å². The fourth-order valence-corrected chi connectivity index (χ4v) is 7.11. The summed E-state index contributed by atoms with van der Waals surface area (Å²) in [5.41, 5.74) is 10.9. The van der Waals surface area contributed by atoms with Crippen molar-refractivity contribution in [1.29, 1.82) is 0 Å². The third kappa shape index (κ3) is 24.2. The molecule has 14 atom stereocenters. The molecule has 0 saturated heterocycles. The fourth-order valence-electron chi connectivity index (χ4n) is 7.11. The standard InChI is InChI=1S/C47H81N11O19/c1-10-21(6)34(55-38(67)25(48)18-59)45(74)53-29(19-60)41(70)52-28(17-30(49)62)40(69)56-35(22(7)11-2)43(72)50-26(13-15-31(63)64)39(68)58-37(24(9)61)46(75)54-33(20(4)5)42(71)57-36(23(8)12-3)44(73)51-27(47(76)77)14-16-32(65)66/h20-29,33-37,59-61H,10-19,48H2,1-9H3,(H2,49,62)(H,50,72)(H,51,73)(H,52,70)(H,53,74)(H,54,75)(H,55,67)(H,56,69)(H,57,71)(H,58,68)(H,63,64)(H,65,66)(H,76,77)/t21-,22-,23-,24+,25-,26-,27-,28-,29-,33-,34-,35-,36-,37-/m0/s1. The zero-order valence-corrected chi connectivity index (χ0v) is 44.9. The second-order valence-electron chi connectivity index (χ2n) is 19.2. The van der Waals surface area contributed by atoms with Crippen LogP contribution in [0.3, 0.4) is 0 Å². The number of aliphatic hydroxyl groups is 3. The lowest BCUT2D eigenvalue weighted by molar-refractivity contribution is -0.144. The largest absolute Gasteiger partial charge is 0.481 e. The molecular formula is C47H81N11O19. The molecule has 77 heavy (non-hydrogen) atoms. The summed E-state index contributed by atoms with van der Waals surface area (Å²) in [6.45, 7) is 11.8. The first-order chi connectivity index (χ1) is 35.8. The first-order valence-corrected chi connectivity index (χ1v) is 25.2. The van der Waals surface area contributed by atoms with E-state index in [-0.39, 0.29) is 12.8 Å². The first kappa shape index (κ1) is 70.0. The Hall–Kier alpha value is -7.05. The molecule has 0 aromatic carbocycles. The summed E-state index contributed by atoms with van der Waals surface area (Å²) in [7, 11) is 0. The minimum absolute atomic E-state index is 0.153. The van der Waals surface area contributed by atoms with Gasteiger partial charge in [-0.15, -0.1) is 0 Å². The second kappa shape index (κ2) is 34.6. The molecule has 30 heteroatoms. The van der Waals surface area contributed by atoms with E-state index >= 15 is 0 Å². The Morgan fingerprint density at radius 3 is 1.12 bits per heavy atom. The van der Waals surface area contributed by atoms with E-state index in [4.69, 9.17) is 16.6 Å². The van der Waals surface area contributed by atoms with E-state index in [9.17, 15) is 87.9 Å². The van der Waals surface area contributed by atoms with Crippen molar-refractivity contribution in [2.24, 2.45) is 35.1 Å². The van der Waals surface area contributed by atoms with Crippen LogP contribution in [-0.2, 0) is 62.3 Å². The number of nitrogens with one attached hydrogen (secondary N) is 9. The maximum Gasteiger partial charge on any atom is 0.326 e. The van der Waals surface area contributed by atoms with Crippen LogP contribution in [0.15, 0.2) is 0 Å². The Morgan fingerprint density at radius 1 is 0.416 bits per heavy atom. The minimum Gasteiger partial charge on any atom is -0.481 e. The molecule has 0 aliphatic rings. The summed E-state index contributed by atoms with van der Waals surface area (Å²) in [5.74, 6) is -17.9. The highest BCUT2D eigenvalue weighted by molar-refractivity contribution is 5.99. The van der Waals surface area contributed by atoms with Gasteiger partial charge in [-0.1, -0.05) is 74.7 Å². The number of nitrogens with two attached hydrogens (primary N) is 2. The van der Waals surface area contributed by atoms with Gasteiger partial charge in [0.25, 0.3) is 0 Å². The highest BCUT2D eigenvalue weighted by Crippen LogP contribution is 2.15. The van der Waals surface area contributed by atoms with E-state index in [0.29, 0.717) is 6.42 Å². The van der Waals surface area contributed by atoms with Crippen molar-refractivity contribution in [3.63, 3.8) is 0 Å². The quantitative estimate of drug-likeness (QED) is 0.0276. The number of hydrogen-bond acceptors (Lipinski definition) is 17. The lowest BCUT2D eigenvalue weighted by atomic mass is 9.95. The number of amides is 10. The van der Waals surface area contributed by atoms with Gasteiger partial charge in [-0.25, -0.2) is 4.79 Å². The molecule has 0 bridgehead atoms. The third-order valence-electron chi connectivity index (χ3n) is 12.6. The van der Waals surface area contributed by atoms with E-state index < -0.39 is 212 Å². The molecule has 0 fully saturated rings. The molecule has 0 radical (unpaired) electrons. The number of carboxylic acid groups (broad SMARTS) is 3. The fraction of sp³-hybridized carbons (Fsp3) is 0.723. The molecule has 0 aromatic heterocycles. The molecule has 0 saturated carbocycles. The Morgan fingerprint density at radius 2 is 0.740 bits per heavy atom. The van der Waals surface area contributed by atoms with Crippen LogP contribution in [0.5, 0.6) is 0 Å². The topological polar surface area (TPSA) is 504 Å². The van der Waals surface area contributed by atoms with Crippen molar-refractivity contribution in [2.45, 2.75) is 180 Å². The molecule has 30 nitrogen and oxygen atoms in total. The number of hydrogen-bond donors (Lipinski definition) is 17. The van der Waals surface area contributed by atoms with E-state index in [1.54, 1.807) is 34.6 Å². The van der Waals surface area contributed by atoms with E-state index in [1.165, 1.54) is 20.8 Å². The molecule has 0 aliphatic carbocycles. The van der Waals surface area contributed by atoms with Gasteiger partial charge >= 0.3 is 17.9 Å². The Balaban J connectivity index is 6.67. The maximum atomic E-state index is 14.1. The van der Waals surface area contributed by atoms with Gasteiger partial charge in [0.2, 0.25) is 59.1 Å². The molecule has 0 aliphatic heterocycles. The van der Waals surface area contributed by atoms with Gasteiger partial charge in [0.05, 0.1) is 25.7 Å². The van der Waals surface area contributed by atoms with Crippen molar-refractivity contribution < 1.29 is 93.0 Å². The molecule has 19 N–H and O–H groups in total. The monoisotopic (exact) mass is 1100 g/mol. The zero-order chi connectivity index (χ0) is 59.6. The predicted molar refractivity (Wildman–Crippen MR) is 270 cm³/mol. The number of rotatable bonds is 37. The molecule has 0 aromatic rings. The predicted octanol–water partition coefficient (Wildman–Crippen LogP) is -5.47. The Bertz CT molecular complexity index is 2080. The number of carboxylic acids is 3. The maximum absolute atomic E-state index is 14.1. The van der Waals surface area contributed by atoms with E-state index in [1.807, 2.05) is 0 Å². The van der Waals surface area contributed by atoms with Crippen molar-refractivity contribution in [1.82, 2.24) is 47.9 Å². The van der Waals surface area contributed by atoms with Crippen LogP contribution in [0.1, 0.15) is 114 Å².